The molecule has 0 spiro atoms. The highest BCUT2D eigenvalue weighted by Crippen LogP contribution is 2.42. The van der Waals surface area contributed by atoms with E-state index >= 15 is 0 Å². The molecule has 4 rings (SSSR count). The van der Waals surface area contributed by atoms with Gasteiger partial charge in [0.05, 0.1) is 0 Å². The summed E-state index contributed by atoms with van der Waals surface area (Å²) in [5.74, 6) is -3.73. The molecule has 0 bridgehead atoms. The molecule has 2 aliphatic heterocycles. The monoisotopic (exact) mass is 801 g/mol. The Bertz CT molecular complexity index is 1720. The van der Waals surface area contributed by atoms with Gasteiger partial charge in [-0.25, -0.2) is 9.59 Å². The molecule has 0 radical (unpaired) electrons. The van der Waals surface area contributed by atoms with Gasteiger partial charge in [-0.15, -0.1) is 0 Å². The number of aryl methyl sites for hydroxylation is 1. The zero-order valence-corrected chi connectivity index (χ0v) is 30.8. The average Bonchev–Trinajstić information content (AvgIpc) is 3.79. The molecule has 1 saturated carbocycles. The van der Waals surface area contributed by atoms with E-state index in [1.54, 1.807) is 12.3 Å². The quantitative estimate of drug-likeness (QED) is 0.0398. The molecule has 298 valence electrons. The number of aliphatic hydroxyl groups is 3. The van der Waals surface area contributed by atoms with Crippen molar-refractivity contribution in [1.29, 1.82) is 0 Å². The minimum absolute atomic E-state index is 0.0450. The number of carbonyl (C=O) groups is 6. The molecule has 7 N–H and O–H groups in total. The van der Waals surface area contributed by atoms with E-state index in [4.69, 9.17) is 14.2 Å². The van der Waals surface area contributed by atoms with Crippen molar-refractivity contribution >= 4 is 56.8 Å². The molecule has 2 fully saturated rings. The Hall–Kier alpha value is -4.12. The molecule has 1 unspecified atom stereocenters. The number of nitrogens with zero attached hydrogens (tertiary/aromatic N) is 1. The minimum Gasteiger partial charge on any atom is -0.479 e. The van der Waals surface area contributed by atoms with Gasteiger partial charge in [0.25, 0.3) is 21.9 Å². The minimum atomic E-state index is -4.68. The van der Waals surface area contributed by atoms with E-state index in [2.05, 4.69) is 10.6 Å². The van der Waals surface area contributed by atoms with Crippen LogP contribution >= 0.6 is 11.8 Å². The number of amides is 4. The van der Waals surface area contributed by atoms with E-state index in [1.807, 2.05) is 0 Å². The number of nitrogens with one attached hydrogen (secondary N) is 2. The summed E-state index contributed by atoms with van der Waals surface area (Å²) in [6.45, 7) is 0.110. The molecule has 1 aromatic carbocycles. The number of rotatable bonds is 19. The van der Waals surface area contributed by atoms with E-state index in [9.17, 15) is 62.2 Å². The van der Waals surface area contributed by atoms with Gasteiger partial charge in [-0.3, -0.25) is 28.6 Å². The van der Waals surface area contributed by atoms with E-state index in [0.717, 1.165) is 16.7 Å². The fraction of sp³-hybridized carbons (Fsp3) is 0.576. The Labute approximate surface area is 314 Å². The molecule has 3 aliphatic rings. The summed E-state index contributed by atoms with van der Waals surface area (Å²) in [7, 11) is -4.68. The molecular formula is C33H43N3O16S2. The first kappa shape index (κ1) is 42.6. The zero-order chi connectivity index (χ0) is 39.8. The predicted octanol–water partition coefficient (Wildman–Crippen LogP) is -0.603. The summed E-state index contributed by atoms with van der Waals surface area (Å²) >= 11 is 0.863. The molecule has 1 aromatic rings. The number of imide groups is 1. The van der Waals surface area contributed by atoms with Gasteiger partial charge in [-0.2, -0.15) is 8.42 Å². The van der Waals surface area contributed by atoms with Crippen LogP contribution < -0.4 is 15.4 Å². The summed E-state index contributed by atoms with van der Waals surface area (Å²) in [4.78, 5) is 73.6. The van der Waals surface area contributed by atoms with Crippen LogP contribution in [0.4, 0.5) is 4.79 Å². The van der Waals surface area contributed by atoms with Crippen LogP contribution in [-0.2, 0) is 56.6 Å². The van der Waals surface area contributed by atoms with Gasteiger partial charge >= 0.3 is 11.3 Å². The molecule has 7 atom stereocenters. The van der Waals surface area contributed by atoms with Crippen molar-refractivity contribution in [3.05, 3.63) is 41.5 Å². The predicted molar refractivity (Wildman–Crippen MR) is 186 cm³/mol. The van der Waals surface area contributed by atoms with Crippen LogP contribution in [0.5, 0.6) is 5.75 Å². The largest absolute Gasteiger partial charge is 0.479 e. The van der Waals surface area contributed by atoms with Gasteiger partial charge < -0.3 is 45.3 Å². The van der Waals surface area contributed by atoms with Gasteiger partial charge in [0.15, 0.2) is 6.10 Å². The molecule has 1 aliphatic carbocycles. The number of aliphatic hydroxyl groups excluding tert-OH is 3. The second-order valence-corrected chi connectivity index (χ2v) is 15.3. The molecule has 54 heavy (non-hydrogen) atoms. The molecule has 1 saturated heterocycles. The van der Waals surface area contributed by atoms with Crippen molar-refractivity contribution in [2.75, 3.05) is 19.3 Å². The maximum Gasteiger partial charge on any atom is 0.367 e. The molecule has 21 heteroatoms. The maximum atomic E-state index is 13.2. The van der Waals surface area contributed by atoms with Crippen LogP contribution in [0, 0.1) is 0 Å². The number of hydrogen-bond donors (Lipinski definition) is 7. The van der Waals surface area contributed by atoms with Crippen molar-refractivity contribution in [3.63, 3.8) is 0 Å². The lowest BCUT2D eigenvalue weighted by atomic mass is 9.99. The third-order valence-corrected chi connectivity index (χ3v) is 10.9. The highest BCUT2D eigenvalue weighted by Gasteiger charge is 2.67. The number of carboxylic acid groups (broad SMARTS) is 1. The molecule has 0 aromatic heterocycles. The Morgan fingerprint density at radius 3 is 2.31 bits per heavy atom. The fourth-order valence-electron chi connectivity index (χ4n) is 6.04. The number of carboxylic acids is 1. The molecule has 19 nitrogen and oxygen atoms in total. The summed E-state index contributed by atoms with van der Waals surface area (Å²) < 4.78 is 49.6. The van der Waals surface area contributed by atoms with E-state index < -0.39 is 86.5 Å². The molecule has 4 amide bonds. The first-order valence-corrected chi connectivity index (χ1v) is 19.7. The van der Waals surface area contributed by atoms with Crippen molar-refractivity contribution in [2.45, 2.75) is 99.5 Å². The van der Waals surface area contributed by atoms with Crippen molar-refractivity contribution < 1.29 is 76.4 Å². The number of thioether (sulfide) groups is 1. The Balaban J connectivity index is 1.31. The SMILES string of the molecule is CSC(=O)OCc1ccc(O[C@@H]2O[C@H](C(=O)O)[C@@H](O)[C@H](O)[C@H]2O)cc1CCCCNC(=O)C1(NC(=O)CCCCCN2C(=O)C=CC2=O)C[C@H]1S(=O)(=O)O. The highest BCUT2D eigenvalue weighted by atomic mass is 32.2. The Morgan fingerprint density at radius 2 is 1.69 bits per heavy atom. The molecule has 2 heterocycles. The number of aliphatic carboxylic acids is 1. The molecular weight excluding hydrogens is 759 g/mol. The van der Waals surface area contributed by atoms with E-state index in [-0.39, 0.29) is 38.3 Å². The Kier molecular flexibility index (Phi) is 14.6. The Morgan fingerprint density at radius 1 is 0.981 bits per heavy atom. The second kappa shape index (κ2) is 18.5. The lowest BCUT2D eigenvalue weighted by molar-refractivity contribution is -0.271. The van der Waals surface area contributed by atoms with Crippen LogP contribution in [-0.4, -0.2) is 134 Å². The second-order valence-electron chi connectivity index (χ2n) is 12.9. The standard InChI is InChI=1S/C33H43N3O16S2/c1-53-32(46)50-17-19-9-10-20(51-30-27(42)25(40)26(41)28(52-30)29(43)44)15-18(19)7-4-5-13-34-31(45)33(16-21(33)54(47,48)49)35-22(37)8-3-2-6-14-36-23(38)11-12-24(36)39/h9-12,15,21,25-28,30,40-42H,2-8,13-14,16-17H2,1H3,(H,34,45)(H,35,37)(H,43,44)(H,47,48,49)/t21-,25+,26+,27-,28+,30-,33?/m1/s1. The lowest BCUT2D eigenvalue weighted by Crippen LogP contribution is -2.61. The smallest absolute Gasteiger partial charge is 0.367 e. The van der Waals surface area contributed by atoms with Crippen LogP contribution in [0.25, 0.3) is 0 Å². The summed E-state index contributed by atoms with van der Waals surface area (Å²) in [5.41, 5.74) is -0.691. The van der Waals surface area contributed by atoms with Crippen molar-refractivity contribution in [3.8, 4) is 5.75 Å². The third-order valence-electron chi connectivity index (χ3n) is 9.12. The summed E-state index contributed by atoms with van der Waals surface area (Å²) in [6.07, 6.45) is -3.33. The number of unbranched alkanes of at least 4 members (excludes halogenated alkanes) is 3. The van der Waals surface area contributed by atoms with E-state index in [0.29, 0.717) is 49.7 Å². The van der Waals surface area contributed by atoms with Crippen LogP contribution in [0.1, 0.15) is 56.1 Å². The van der Waals surface area contributed by atoms with Gasteiger partial charge in [-0.05, 0) is 73.4 Å². The number of hydrogen-bond acceptors (Lipinski definition) is 15. The van der Waals surface area contributed by atoms with Crippen LogP contribution in [0.3, 0.4) is 0 Å². The zero-order valence-electron chi connectivity index (χ0n) is 29.1. The normalized spacial score (nSPS) is 26.4. The number of ether oxygens (including phenoxy) is 3. The van der Waals surface area contributed by atoms with Crippen molar-refractivity contribution in [2.24, 2.45) is 0 Å². The average molecular weight is 802 g/mol. The van der Waals surface area contributed by atoms with Gasteiger partial charge in [-0.1, -0.05) is 12.5 Å². The lowest BCUT2D eigenvalue weighted by Gasteiger charge is -2.38. The van der Waals surface area contributed by atoms with Crippen LogP contribution in [0.2, 0.25) is 0 Å². The third kappa shape index (κ3) is 10.8. The number of benzene rings is 1. The fourth-order valence-corrected chi connectivity index (χ4v) is 7.37. The first-order valence-electron chi connectivity index (χ1n) is 17.0. The maximum absolute atomic E-state index is 13.2. The first-order chi connectivity index (χ1) is 25.5. The topological polar surface area (TPSA) is 293 Å². The number of carbonyl (C=O) groups excluding carboxylic acids is 5. The highest BCUT2D eigenvalue weighted by molar-refractivity contribution is 8.12. The van der Waals surface area contributed by atoms with Gasteiger partial charge in [0.2, 0.25) is 18.1 Å². The van der Waals surface area contributed by atoms with E-state index in [1.165, 1.54) is 24.3 Å². The van der Waals surface area contributed by atoms with Gasteiger partial charge in [0, 0.05) is 38.1 Å². The summed E-state index contributed by atoms with van der Waals surface area (Å²) in [5, 5.41) is 42.7. The summed E-state index contributed by atoms with van der Waals surface area (Å²) in [6, 6.07) is 4.54. The van der Waals surface area contributed by atoms with Crippen LogP contribution in [0.15, 0.2) is 30.4 Å². The van der Waals surface area contributed by atoms with Gasteiger partial charge in [0.1, 0.15) is 41.5 Å². The van der Waals surface area contributed by atoms with Crippen molar-refractivity contribution in [1.82, 2.24) is 15.5 Å².